The number of aliphatic hydroxyl groups excluding tert-OH is 1. The van der Waals surface area contributed by atoms with Crippen molar-refractivity contribution in [3.05, 3.63) is 0 Å². The molecule has 1 aliphatic heterocycles. The van der Waals surface area contributed by atoms with Gasteiger partial charge in [-0.25, -0.2) is 0 Å². The van der Waals surface area contributed by atoms with E-state index in [1.807, 2.05) is 0 Å². The molecule has 19 heavy (non-hydrogen) atoms. The lowest BCUT2D eigenvalue weighted by molar-refractivity contribution is -0.165. The summed E-state index contributed by atoms with van der Waals surface area (Å²) in [7, 11) is 0. The first-order chi connectivity index (χ1) is 9.26. The topological polar surface area (TPSA) is 38.7 Å². The van der Waals surface area contributed by atoms with Gasteiger partial charge in [0.25, 0.3) is 0 Å². The second kappa shape index (κ2) is 6.11. The lowest BCUT2D eigenvalue weighted by atomic mass is 9.79. The molecule has 3 rings (SSSR count). The van der Waals surface area contributed by atoms with Crippen molar-refractivity contribution in [1.29, 1.82) is 0 Å². The molecule has 0 aromatic carbocycles. The molecule has 3 heteroatoms. The van der Waals surface area contributed by atoms with Gasteiger partial charge in [-0.1, -0.05) is 19.3 Å². The molecule has 2 aliphatic carbocycles. The van der Waals surface area contributed by atoms with E-state index in [1.165, 1.54) is 32.1 Å². The Labute approximate surface area is 116 Å². The van der Waals surface area contributed by atoms with Crippen LogP contribution in [0.1, 0.15) is 70.6 Å². The molecule has 0 amide bonds. The molecular weight excluding hydrogens is 240 g/mol. The van der Waals surface area contributed by atoms with Gasteiger partial charge in [-0.2, -0.15) is 0 Å². The highest BCUT2D eigenvalue weighted by Crippen LogP contribution is 2.40. The SMILES string of the molecule is OC1CCC(OC2CCOC3(CCCCC3)C2)CC1. The van der Waals surface area contributed by atoms with Crippen molar-refractivity contribution in [1.82, 2.24) is 0 Å². The zero-order chi connectivity index (χ0) is 13.1. The van der Waals surface area contributed by atoms with E-state index in [1.54, 1.807) is 0 Å². The molecule has 110 valence electrons. The number of ether oxygens (including phenoxy) is 2. The van der Waals surface area contributed by atoms with Gasteiger partial charge in [0.1, 0.15) is 0 Å². The van der Waals surface area contributed by atoms with Crippen LogP contribution >= 0.6 is 0 Å². The van der Waals surface area contributed by atoms with Crippen molar-refractivity contribution in [2.75, 3.05) is 6.61 Å². The van der Waals surface area contributed by atoms with E-state index in [-0.39, 0.29) is 11.7 Å². The monoisotopic (exact) mass is 268 g/mol. The number of rotatable bonds is 2. The van der Waals surface area contributed by atoms with Crippen LogP contribution in [0.25, 0.3) is 0 Å². The predicted octanol–water partition coefficient (Wildman–Crippen LogP) is 3.19. The van der Waals surface area contributed by atoms with Gasteiger partial charge < -0.3 is 14.6 Å². The van der Waals surface area contributed by atoms with Crippen LogP contribution in [-0.2, 0) is 9.47 Å². The summed E-state index contributed by atoms with van der Waals surface area (Å²) in [6.45, 7) is 0.875. The normalized spacial score (nSPS) is 39.3. The van der Waals surface area contributed by atoms with Crippen LogP contribution in [0, 0.1) is 0 Å². The van der Waals surface area contributed by atoms with Gasteiger partial charge in [0, 0.05) is 13.0 Å². The number of hydrogen-bond donors (Lipinski definition) is 1. The van der Waals surface area contributed by atoms with E-state index >= 15 is 0 Å². The highest BCUT2D eigenvalue weighted by atomic mass is 16.5. The maximum Gasteiger partial charge on any atom is 0.0707 e. The summed E-state index contributed by atoms with van der Waals surface area (Å²) in [5, 5.41) is 9.56. The van der Waals surface area contributed by atoms with Crippen LogP contribution in [0.5, 0.6) is 0 Å². The number of aliphatic hydroxyl groups is 1. The van der Waals surface area contributed by atoms with Crippen molar-refractivity contribution in [2.24, 2.45) is 0 Å². The van der Waals surface area contributed by atoms with Gasteiger partial charge in [0.2, 0.25) is 0 Å². The maximum atomic E-state index is 9.56. The Hall–Kier alpha value is -0.120. The molecule has 1 spiro atoms. The minimum Gasteiger partial charge on any atom is -0.393 e. The summed E-state index contributed by atoms with van der Waals surface area (Å²) < 4.78 is 12.4. The largest absolute Gasteiger partial charge is 0.393 e. The van der Waals surface area contributed by atoms with Crippen molar-refractivity contribution in [2.45, 2.75) is 94.5 Å². The van der Waals surface area contributed by atoms with Crippen LogP contribution in [0.3, 0.4) is 0 Å². The fourth-order valence-corrected chi connectivity index (χ4v) is 4.10. The molecule has 0 aromatic rings. The van der Waals surface area contributed by atoms with Crippen molar-refractivity contribution < 1.29 is 14.6 Å². The smallest absolute Gasteiger partial charge is 0.0707 e. The summed E-state index contributed by atoms with van der Waals surface area (Å²) in [6, 6.07) is 0. The lowest BCUT2D eigenvalue weighted by Gasteiger charge is -2.44. The molecule has 0 radical (unpaired) electrons. The minimum atomic E-state index is -0.0841. The minimum absolute atomic E-state index is 0.0841. The van der Waals surface area contributed by atoms with Gasteiger partial charge in [0.05, 0.1) is 23.9 Å². The average molecular weight is 268 g/mol. The van der Waals surface area contributed by atoms with Crippen LogP contribution in [-0.4, -0.2) is 35.6 Å². The zero-order valence-electron chi connectivity index (χ0n) is 12.0. The Morgan fingerprint density at radius 3 is 2.37 bits per heavy atom. The van der Waals surface area contributed by atoms with Crippen molar-refractivity contribution >= 4 is 0 Å². The van der Waals surface area contributed by atoms with E-state index in [2.05, 4.69) is 0 Å². The maximum absolute atomic E-state index is 9.56. The second-order valence-electron chi connectivity index (χ2n) is 6.77. The van der Waals surface area contributed by atoms with Crippen LogP contribution < -0.4 is 0 Å². The van der Waals surface area contributed by atoms with E-state index in [4.69, 9.17) is 9.47 Å². The first-order valence-electron chi connectivity index (χ1n) is 8.23. The molecule has 3 aliphatic rings. The van der Waals surface area contributed by atoms with Crippen LogP contribution in [0.15, 0.2) is 0 Å². The first kappa shape index (κ1) is 13.8. The van der Waals surface area contributed by atoms with Crippen LogP contribution in [0.4, 0.5) is 0 Å². The van der Waals surface area contributed by atoms with Gasteiger partial charge in [-0.05, 0) is 44.9 Å². The fourth-order valence-electron chi connectivity index (χ4n) is 4.10. The fraction of sp³-hybridized carbons (Fsp3) is 1.00. The molecule has 0 aromatic heterocycles. The van der Waals surface area contributed by atoms with Gasteiger partial charge >= 0.3 is 0 Å². The van der Waals surface area contributed by atoms with E-state index in [9.17, 15) is 5.11 Å². The summed E-state index contributed by atoms with van der Waals surface area (Å²) >= 11 is 0. The highest BCUT2D eigenvalue weighted by Gasteiger charge is 2.39. The van der Waals surface area contributed by atoms with E-state index < -0.39 is 0 Å². The van der Waals surface area contributed by atoms with Crippen molar-refractivity contribution in [3.8, 4) is 0 Å². The Kier molecular flexibility index (Phi) is 4.45. The molecule has 1 heterocycles. The standard InChI is InChI=1S/C16H28O3/c17-13-4-6-14(7-5-13)19-15-8-11-18-16(12-15)9-2-1-3-10-16/h13-15,17H,1-12H2. The molecular formula is C16H28O3. The Morgan fingerprint density at radius 2 is 1.63 bits per heavy atom. The summed E-state index contributed by atoms with van der Waals surface area (Å²) in [5.74, 6) is 0. The molecule has 1 atom stereocenters. The lowest BCUT2D eigenvalue weighted by Crippen LogP contribution is -2.45. The third-order valence-corrected chi connectivity index (χ3v) is 5.24. The van der Waals surface area contributed by atoms with Gasteiger partial charge in [-0.3, -0.25) is 0 Å². The van der Waals surface area contributed by atoms with E-state index in [0.29, 0.717) is 12.2 Å². The molecule has 0 bridgehead atoms. The average Bonchev–Trinajstić information content (AvgIpc) is 2.42. The van der Waals surface area contributed by atoms with Crippen LogP contribution in [0.2, 0.25) is 0 Å². The molecule has 3 nitrogen and oxygen atoms in total. The number of hydrogen-bond acceptors (Lipinski definition) is 3. The summed E-state index contributed by atoms with van der Waals surface area (Å²) in [5.41, 5.74) is 0.148. The Bertz CT molecular complexity index is 272. The molecule has 1 unspecified atom stereocenters. The summed E-state index contributed by atoms with van der Waals surface area (Å²) in [4.78, 5) is 0. The summed E-state index contributed by atoms with van der Waals surface area (Å²) in [6.07, 6.45) is 13.2. The molecule has 1 saturated heterocycles. The molecule has 2 saturated carbocycles. The van der Waals surface area contributed by atoms with Crippen molar-refractivity contribution in [3.63, 3.8) is 0 Å². The zero-order valence-corrected chi connectivity index (χ0v) is 12.0. The second-order valence-corrected chi connectivity index (χ2v) is 6.77. The van der Waals surface area contributed by atoms with Gasteiger partial charge in [0.15, 0.2) is 0 Å². The molecule has 1 N–H and O–H groups in total. The van der Waals surface area contributed by atoms with Gasteiger partial charge in [-0.15, -0.1) is 0 Å². The predicted molar refractivity (Wildman–Crippen MR) is 74.1 cm³/mol. The third-order valence-electron chi connectivity index (χ3n) is 5.24. The highest BCUT2D eigenvalue weighted by molar-refractivity contribution is 4.90. The first-order valence-corrected chi connectivity index (χ1v) is 8.23. The Balaban J connectivity index is 1.50. The quantitative estimate of drug-likeness (QED) is 0.836. The van der Waals surface area contributed by atoms with E-state index in [0.717, 1.165) is 45.1 Å². The third kappa shape index (κ3) is 3.50. The Morgan fingerprint density at radius 1 is 0.895 bits per heavy atom. The molecule has 3 fully saturated rings.